The Morgan fingerprint density at radius 2 is 2.22 bits per heavy atom. The quantitative estimate of drug-likeness (QED) is 0.795. The number of nitrogens with two attached hydrogens (primary N) is 1. The van der Waals surface area contributed by atoms with Gasteiger partial charge in [0.2, 0.25) is 11.8 Å². The Morgan fingerprint density at radius 3 is 2.87 bits per heavy atom. The van der Waals surface area contributed by atoms with Crippen LogP contribution < -0.4 is 11.1 Å². The normalized spacial score (nSPS) is 37.0. The third kappa shape index (κ3) is 2.47. The molecule has 0 aromatic carbocycles. The smallest absolute Gasteiger partial charge is 0.241 e. The number of hydrogen-bond donors (Lipinski definition) is 2. The zero-order valence-corrected chi connectivity index (χ0v) is 14.4. The monoisotopic (exact) mass is 323 g/mol. The van der Waals surface area contributed by atoms with Gasteiger partial charge in [-0.3, -0.25) is 9.59 Å². The molecular weight excluding hydrogens is 294 g/mol. The maximum Gasteiger partial charge on any atom is 0.241 e. The highest BCUT2D eigenvalue weighted by atomic mass is 16.5. The van der Waals surface area contributed by atoms with E-state index in [9.17, 15) is 9.59 Å². The van der Waals surface area contributed by atoms with Crippen molar-refractivity contribution < 1.29 is 14.3 Å². The summed E-state index contributed by atoms with van der Waals surface area (Å²) in [6.07, 6.45) is 3.50. The third-order valence-electron chi connectivity index (χ3n) is 6.10. The van der Waals surface area contributed by atoms with Gasteiger partial charge in [-0.15, -0.1) is 0 Å². The summed E-state index contributed by atoms with van der Waals surface area (Å²) < 4.78 is 5.85. The van der Waals surface area contributed by atoms with Crippen LogP contribution in [0, 0.1) is 11.3 Å². The molecule has 3 rings (SSSR count). The summed E-state index contributed by atoms with van der Waals surface area (Å²) in [5, 5.41) is 3.05. The number of carbonyl (C=O) groups is 2. The molecule has 6 heteroatoms. The Kier molecular flexibility index (Phi) is 4.17. The molecule has 3 aliphatic rings. The van der Waals surface area contributed by atoms with Crippen LogP contribution in [-0.4, -0.2) is 54.1 Å². The van der Waals surface area contributed by atoms with E-state index in [0.717, 1.165) is 32.4 Å². The van der Waals surface area contributed by atoms with E-state index in [1.165, 1.54) is 0 Å². The van der Waals surface area contributed by atoms with Crippen molar-refractivity contribution >= 4 is 11.8 Å². The second-order valence-electron chi connectivity index (χ2n) is 7.95. The highest BCUT2D eigenvalue weighted by Crippen LogP contribution is 2.57. The number of carbonyl (C=O) groups excluding carboxylic acids is 2. The van der Waals surface area contributed by atoms with E-state index in [-0.39, 0.29) is 35.3 Å². The first-order chi connectivity index (χ1) is 10.8. The first kappa shape index (κ1) is 16.7. The Bertz CT molecular complexity index is 507. The lowest BCUT2D eigenvalue weighted by Gasteiger charge is -2.65. The molecule has 2 aliphatic heterocycles. The molecule has 2 heterocycles. The van der Waals surface area contributed by atoms with Crippen LogP contribution in [0.5, 0.6) is 0 Å². The van der Waals surface area contributed by atoms with Crippen molar-refractivity contribution in [1.82, 2.24) is 10.2 Å². The minimum absolute atomic E-state index is 0.0717. The number of hydrogen-bond acceptors (Lipinski definition) is 4. The van der Waals surface area contributed by atoms with E-state index in [4.69, 9.17) is 10.5 Å². The molecule has 6 nitrogen and oxygen atoms in total. The van der Waals surface area contributed by atoms with Crippen LogP contribution >= 0.6 is 0 Å². The van der Waals surface area contributed by atoms with E-state index in [1.807, 2.05) is 25.7 Å². The highest BCUT2D eigenvalue weighted by molar-refractivity contribution is 5.89. The largest absolute Gasteiger partial charge is 0.377 e. The fourth-order valence-corrected chi connectivity index (χ4v) is 4.65. The molecule has 0 aromatic heterocycles. The van der Waals surface area contributed by atoms with E-state index >= 15 is 0 Å². The van der Waals surface area contributed by atoms with Crippen molar-refractivity contribution in [3.8, 4) is 0 Å². The maximum atomic E-state index is 12.9. The van der Waals surface area contributed by atoms with Crippen molar-refractivity contribution in [2.75, 3.05) is 19.7 Å². The second-order valence-corrected chi connectivity index (χ2v) is 7.95. The summed E-state index contributed by atoms with van der Waals surface area (Å²) in [5.41, 5.74) is 5.33. The molecule has 23 heavy (non-hydrogen) atoms. The number of rotatable bonds is 4. The van der Waals surface area contributed by atoms with Gasteiger partial charge in [0.1, 0.15) is 5.54 Å². The molecule has 4 unspecified atom stereocenters. The fraction of sp³-hybridized carbons (Fsp3) is 0.882. The molecule has 0 bridgehead atoms. The molecule has 130 valence electrons. The van der Waals surface area contributed by atoms with E-state index in [2.05, 4.69) is 5.32 Å². The third-order valence-corrected chi connectivity index (χ3v) is 6.10. The summed E-state index contributed by atoms with van der Waals surface area (Å²) in [6.45, 7) is 8.09. The predicted octanol–water partition coefficient (Wildman–Crippen LogP) is 0.646. The minimum atomic E-state index is -0.888. The van der Waals surface area contributed by atoms with Crippen LogP contribution in [0.25, 0.3) is 0 Å². The molecule has 2 amide bonds. The Morgan fingerprint density at radius 1 is 1.48 bits per heavy atom. The summed E-state index contributed by atoms with van der Waals surface area (Å²) in [7, 11) is 0. The molecule has 4 atom stereocenters. The zero-order chi connectivity index (χ0) is 16.8. The SMILES string of the molecule is CC(CN1CCCC1=O)NC(=O)C1(N)C2CCCOC2C1(C)C. The Balaban J connectivity index is 1.63. The number of nitrogens with zero attached hydrogens (tertiary/aromatic N) is 1. The van der Waals surface area contributed by atoms with Crippen molar-refractivity contribution in [1.29, 1.82) is 0 Å². The minimum Gasteiger partial charge on any atom is -0.377 e. The number of nitrogens with one attached hydrogen (secondary N) is 1. The van der Waals surface area contributed by atoms with E-state index in [1.54, 1.807) is 0 Å². The van der Waals surface area contributed by atoms with Crippen molar-refractivity contribution in [2.45, 2.75) is 64.1 Å². The van der Waals surface area contributed by atoms with Gasteiger partial charge in [0.15, 0.2) is 0 Å². The van der Waals surface area contributed by atoms with Crippen LogP contribution in [0.1, 0.15) is 46.5 Å². The lowest BCUT2D eigenvalue weighted by molar-refractivity contribution is -0.225. The predicted molar refractivity (Wildman–Crippen MR) is 86.6 cm³/mol. The van der Waals surface area contributed by atoms with E-state index in [0.29, 0.717) is 13.0 Å². The summed E-state index contributed by atoms with van der Waals surface area (Å²) in [4.78, 5) is 26.4. The zero-order valence-electron chi connectivity index (χ0n) is 14.4. The first-order valence-corrected chi connectivity index (χ1v) is 8.77. The van der Waals surface area contributed by atoms with Crippen LogP contribution in [-0.2, 0) is 14.3 Å². The van der Waals surface area contributed by atoms with Gasteiger partial charge in [0.05, 0.1) is 6.10 Å². The molecule has 2 saturated heterocycles. The highest BCUT2D eigenvalue weighted by Gasteiger charge is 2.70. The standard InChI is InChI=1S/C17H29N3O3/c1-11(10-20-8-4-7-13(20)21)19-15(22)17(18)12-6-5-9-23-14(12)16(17,2)3/h11-12,14H,4-10,18H2,1-3H3,(H,19,22). The Hall–Kier alpha value is -1.14. The van der Waals surface area contributed by atoms with Crippen LogP contribution in [0.4, 0.5) is 0 Å². The average molecular weight is 323 g/mol. The Labute approximate surface area is 138 Å². The summed E-state index contributed by atoms with van der Waals surface area (Å²) in [6, 6.07) is -0.0932. The molecule has 0 spiro atoms. The molecular formula is C17H29N3O3. The van der Waals surface area contributed by atoms with Crippen molar-refractivity contribution in [2.24, 2.45) is 17.1 Å². The lowest BCUT2D eigenvalue weighted by Crippen LogP contribution is -2.82. The molecule has 3 fully saturated rings. The van der Waals surface area contributed by atoms with E-state index < -0.39 is 5.54 Å². The summed E-state index contributed by atoms with van der Waals surface area (Å²) >= 11 is 0. The van der Waals surface area contributed by atoms with Crippen LogP contribution in [0.15, 0.2) is 0 Å². The van der Waals surface area contributed by atoms with Gasteiger partial charge in [-0.25, -0.2) is 0 Å². The molecule has 1 aliphatic carbocycles. The van der Waals surface area contributed by atoms with Crippen molar-refractivity contribution in [3.05, 3.63) is 0 Å². The van der Waals surface area contributed by atoms with Gasteiger partial charge in [0.25, 0.3) is 0 Å². The lowest BCUT2D eigenvalue weighted by atomic mass is 9.46. The van der Waals surface area contributed by atoms with Crippen LogP contribution in [0.3, 0.4) is 0 Å². The number of fused-ring (bicyclic) bond motifs is 1. The maximum absolute atomic E-state index is 12.9. The second kappa shape index (κ2) is 5.74. The summed E-state index contributed by atoms with van der Waals surface area (Å²) in [5.74, 6) is 0.165. The fourth-order valence-electron chi connectivity index (χ4n) is 4.65. The topological polar surface area (TPSA) is 84.7 Å². The van der Waals surface area contributed by atoms with Gasteiger partial charge in [-0.1, -0.05) is 13.8 Å². The number of likely N-dealkylation sites (tertiary alicyclic amines) is 1. The van der Waals surface area contributed by atoms with Crippen molar-refractivity contribution in [3.63, 3.8) is 0 Å². The van der Waals surface area contributed by atoms with Gasteiger partial charge in [-0.2, -0.15) is 0 Å². The average Bonchev–Trinajstić information content (AvgIpc) is 2.91. The van der Waals surface area contributed by atoms with Gasteiger partial charge >= 0.3 is 0 Å². The van der Waals surface area contributed by atoms with Gasteiger partial charge in [0, 0.05) is 43.5 Å². The van der Waals surface area contributed by atoms with Crippen LogP contribution in [0.2, 0.25) is 0 Å². The molecule has 0 aromatic rings. The number of ether oxygens (including phenoxy) is 1. The molecule has 0 radical (unpaired) electrons. The van der Waals surface area contributed by atoms with Gasteiger partial charge < -0.3 is 20.7 Å². The first-order valence-electron chi connectivity index (χ1n) is 8.77. The van der Waals surface area contributed by atoms with Gasteiger partial charge in [-0.05, 0) is 26.2 Å². The number of amides is 2. The molecule has 3 N–H and O–H groups in total. The molecule has 1 saturated carbocycles.